The third-order valence-corrected chi connectivity index (χ3v) is 3.95. The minimum absolute atomic E-state index is 0.0206. The Morgan fingerprint density at radius 2 is 1.72 bits per heavy atom. The summed E-state index contributed by atoms with van der Waals surface area (Å²) in [7, 11) is 3.39. The van der Waals surface area contributed by atoms with Crippen molar-refractivity contribution < 1.29 is 19.1 Å². The van der Waals surface area contributed by atoms with E-state index >= 15 is 0 Å². The third-order valence-electron chi connectivity index (χ3n) is 3.95. The molecule has 1 aliphatic heterocycles. The van der Waals surface area contributed by atoms with Crippen molar-refractivity contribution >= 4 is 5.69 Å². The normalized spacial score (nSPS) is 12.9. The number of hydrogen-bond donors (Lipinski definition) is 0. The highest BCUT2D eigenvalue weighted by molar-refractivity contribution is 5.48. The summed E-state index contributed by atoms with van der Waals surface area (Å²) >= 11 is 0. The first kappa shape index (κ1) is 17.0. The topological polar surface area (TPSA) is 74.1 Å². The fourth-order valence-corrected chi connectivity index (χ4v) is 2.84. The second-order valence-electron chi connectivity index (χ2n) is 5.91. The van der Waals surface area contributed by atoms with Crippen LogP contribution in [0.2, 0.25) is 0 Å². The highest BCUT2D eigenvalue weighted by Crippen LogP contribution is 2.31. The second-order valence-corrected chi connectivity index (χ2v) is 5.91. The van der Waals surface area contributed by atoms with Gasteiger partial charge in [-0.15, -0.1) is 0 Å². The fourth-order valence-electron chi connectivity index (χ4n) is 2.84. The molecule has 0 saturated heterocycles. The van der Waals surface area contributed by atoms with Gasteiger partial charge in [0, 0.05) is 19.2 Å². The van der Waals surface area contributed by atoms with Gasteiger partial charge in [-0.2, -0.15) is 0 Å². The van der Waals surface area contributed by atoms with Crippen molar-refractivity contribution in [1.82, 2.24) is 4.90 Å². The number of nitro benzene ring substituents is 1. The lowest BCUT2D eigenvalue weighted by atomic mass is 10.1. The summed E-state index contributed by atoms with van der Waals surface area (Å²) in [5, 5.41) is 11.1. The van der Waals surface area contributed by atoms with E-state index < -0.39 is 4.92 Å². The highest BCUT2D eigenvalue weighted by atomic mass is 16.6. The van der Waals surface area contributed by atoms with E-state index in [1.54, 1.807) is 12.1 Å². The van der Waals surface area contributed by atoms with Gasteiger partial charge in [0.05, 0.1) is 12.0 Å². The molecule has 25 heavy (non-hydrogen) atoms. The van der Waals surface area contributed by atoms with Crippen molar-refractivity contribution in [2.45, 2.75) is 13.1 Å². The zero-order valence-corrected chi connectivity index (χ0v) is 14.2. The number of nitrogens with zero attached hydrogens (tertiary/aromatic N) is 2. The van der Waals surface area contributed by atoms with Crippen LogP contribution in [0.25, 0.3) is 0 Å². The summed E-state index contributed by atoms with van der Waals surface area (Å²) < 4.78 is 16.2. The number of nitro groups is 1. The number of methoxy groups -OCH3 is 1. The molecule has 3 rings (SSSR count). The molecule has 0 aromatic heterocycles. The maximum absolute atomic E-state index is 11.1. The smallest absolute Gasteiger partial charge is 0.311 e. The minimum atomic E-state index is -0.427. The quantitative estimate of drug-likeness (QED) is 0.592. The second kappa shape index (κ2) is 7.40. The molecule has 7 heteroatoms. The summed E-state index contributed by atoms with van der Waals surface area (Å²) in [4.78, 5) is 12.8. The Hall–Kier alpha value is -2.80. The van der Waals surface area contributed by atoms with Crippen LogP contribution < -0.4 is 14.2 Å². The lowest BCUT2D eigenvalue weighted by molar-refractivity contribution is -0.385. The van der Waals surface area contributed by atoms with Gasteiger partial charge in [-0.3, -0.25) is 15.0 Å². The third kappa shape index (κ3) is 4.00. The molecule has 0 atom stereocenters. The Kier molecular flexibility index (Phi) is 5.04. The van der Waals surface area contributed by atoms with E-state index in [1.165, 1.54) is 7.11 Å². The first-order valence-corrected chi connectivity index (χ1v) is 7.95. The van der Waals surface area contributed by atoms with Crippen LogP contribution in [-0.2, 0) is 13.1 Å². The van der Waals surface area contributed by atoms with Gasteiger partial charge in [-0.05, 0) is 36.4 Å². The van der Waals surface area contributed by atoms with E-state index in [4.69, 9.17) is 14.2 Å². The molecule has 0 aliphatic carbocycles. The van der Waals surface area contributed by atoms with Gasteiger partial charge < -0.3 is 14.2 Å². The molecule has 0 N–H and O–H groups in total. The lowest BCUT2D eigenvalue weighted by Gasteiger charge is -2.21. The Balaban J connectivity index is 1.69. The molecular formula is C18H20N2O5. The van der Waals surface area contributed by atoms with Crippen molar-refractivity contribution in [3.05, 3.63) is 57.6 Å². The maximum atomic E-state index is 11.1. The lowest BCUT2D eigenvalue weighted by Crippen LogP contribution is -2.18. The SMILES string of the molecule is COc1ccc(CN(C)Cc2ccc3c(c2)OCCO3)cc1[N+](=O)[O-]. The van der Waals surface area contributed by atoms with Crippen LogP contribution in [-0.4, -0.2) is 37.2 Å². The van der Waals surface area contributed by atoms with Gasteiger partial charge in [-0.25, -0.2) is 0 Å². The molecule has 0 fully saturated rings. The summed E-state index contributed by atoms with van der Waals surface area (Å²) in [5.41, 5.74) is 1.93. The molecule has 0 spiro atoms. The average Bonchev–Trinajstić information content (AvgIpc) is 2.61. The molecule has 1 heterocycles. The molecule has 7 nitrogen and oxygen atoms in total. The molecule has 0 amide bonds. The standard InChI is InChI=1S/C18H20N2O5/c1-19(11-13-3-5-16(23-2)15(9-13)20(21)22)12-14-4-6-17-18(10-14)25-8-7-24-17/h3-6,9-10H,7-8,11-12H2,1-2H3. The van der Waals surface area contributed by atoms with Crippen LogP contribution in [0.5, 0.6) is 17.2 Å². The Labute approximate surface area is 145 Å². The first-order valence-electron chi connectivity index (χ1n) is 7.95. The number of ether oxygens (including phenoxy) is 3. The van der Waals surface area contributed by atoms with Gasteiger partial charge in [0.25, 0.3) is 0 Å². The van der Waals surface area contributed by atoms with Gasteiger partial charge in [-0.1, -0.05) is 12.1 Å². The number of hydrogen-bond acceptors (Lipinski definition) is 6. The summed E-state index contributed by atoms with van der Waals surface area (Å²) in [5.74, 6) is 1.80. The molecule has 0 unspecified atom stereocenters. The minimum Gasteiger partial charge on any atom is -0.490 e. The van der Waals surface area contributed by atoms with Crippen LogP contribution in [0, 0.1) is 10.1 Å². The molecule has 1 aliphatic rings. The van der Waals surface area contributed by atoms with Gasteiger partial charge >= 0.3 is 5.69 Å². The molecule has 132 valence electrons. The van der Waals surface area contributed by atoms with Crippen LogP contribution in [0.1, 0.15) is 11.1 Å². The molecule has 0 saturated carbocycles. The summed E-state index contributed by atoms with van der Waals surface area (Å²) in [6.07, 6.45) is 0. The average molecular weight is 344 g/mol. The van der Waals surface area contributed by atoms with Crippen LogP contribution in [0.4, 0.5) is 5.69 Å². The van der Waals surface area contributed by atoms with Crippen LogP contribution >= 0.6 is 0 Å². The van der Waals surface area contributed by atoms with Crippen molar-refractivity contribution in [3.8, 4) is 17.2 Å². The molecule has 0 bridgehead atoms. The fraction of sp³-hybridized carbons (Fsp3) is 0.333. The van der Waals surface area contributed by atoms with Crippen molar-refractivity contribution in [1.29, 1.82) is 0 Å². The molecule has 2 aromatic carbocycles. The van der Waals surface area contributed by atoms with Crippen LogP contribution in [0.15, 0.2) is 36.4 Å². The van der Waals surface area contributed by atoms with Gasteiger partial charge in [0.1, 0.15) is 13.2 Å². The number of rotatable bonds is 6. The molecule has 0 radical (unpaired) electrons. The highest BCUT2D eigenvalue weighted by Gasteiger charge is 2.16. The monoisotopic (exact) mass is 344 g/mol. The number of benzene rings is 2. The Morgan fingerprint density at radius 3 is 2.40 bits per heavy atom. The Morgan fingerprint density at radius 1 is 1.08 bits per heavy atom. The zero-order valence-electron chi connectivity index (χ0n) is 14.2. The van der Waals surface area contributed by atoms with Crippen LogP contribution in [0.3, 0.4) is 0 Å². The Bertz CT molecular complexity index is 778. The first-order chi connectivity index (χ1) is 12.1. The van der Waals surface area contributed by atoms with Crippen molar-refractivity contribution in [2.24, 2.45) is 0 Å². The molecule has 2 aromatic rings. The van der Waals surface area contributed by atoms with Gasteiger partial charge in [0.2, 0.25) is 0 Å². The zero-order chi connectivity index (χ0) is 17.8. The number of fused-ring (bicyclic) bond motifs is 1. The van der Waals surface area contributed by atoms with E-state index in [2.05, 4.69) is 4.90 Å². The molecular weight excluding hydrogens is 324 g/mol. The van der Waals surface area contributed by atoms with E-state index in [0.717, 1.165) is 22.6 Å². The van der Waals surface area contributed by atoms with E-state index in [1.807, 2.05) is 31.3 Å². The summed E-state index contributed by atoms with van der Waals surface area (Å²) in [6.45, 7) is 2.40. The predicted molar refractivity (Wildman–Crippen MR) is 92.3 cm³/mol. The largest absolute Gasteiger partial charge is 0.490 e. The van der Waals surface area contributed by atoms with Crippen molar-refractivity contribution in [3.63, 3.8) is 0 Å². The van der Waals surface area contributed by atoms with Gasteiger partial charge in [0.15, 0.2) is 17.2 Å². The predicted octanol–water partition coefficient (Wildman–Crippen LogP) is 3.01. The maximum Gasteiger partial charge on any atom is 0.311 e. The van der Waals surface area contributed by atoms with E-state index in [-0.39, 0.29) is 11.4 Å². The van der Waals surface area contributed by atoms with E-state index in [9.17, 15) is 10.1 Å². The van der Waals surface area contributed by atoms with E-state index in [0.29, 0.717) is 26.3 Å². The van der Waals surface area contributed by atoms with Crippen molar-refractivity contribution in [2.75, 3.05) is 27.4 Å². The summed E-state index contributed by atoms with van der Waals surface area (Å²) in [6, 6.07) is 10.9.